The maximum atomic E-state index is 12.1. The van der Waals surface area contributed by atoms with Gasteiger partial charge in [0.05, 0.1) is 16.8 Å². The van der Waals surface area contributed by atoms with E-state index in [1.807, 2.05) is 24.3 Å². The molecule has 0 saturated heterocycles. The first-order valence-corrected chi connectivity index (χ1v) is 9.01. The van der Waals surface area contributed by atoms with Gasteiger partial charge in [-0.05, 0) is 30.3 Å². The Morgan fingerprint density at radius 1 is 1.07 bits per heavy atom. The summed E-state index contributed by atoms with van der Waals surface area (Å²) in [5, 5.41) is 0.778. The van der Waals surface area contributed by atoms with Crippen molar-refractivity contribution in [1.82, 2.24) is 4.98 Å². The maximum Gasteiger partial charge on any atom is 0.332 e. The molecule has 7 nitrogen and oxygen atoms in total. The molecular weight excluding hydrogens is 370 g/mol. The fourth-order valence-corrected chi connectivity index (χ4v) is 3.45. The van der Waals surface area contributed by atoms with E-state index < -0.39 is 5.97 Å². The number of aromatic nitrogens is 1. The van der Waals surface area contributed by atoms with Crippen LogP contribution >= 0.6 is 11.3 Å². The molecule has 0 bridgehead atoms. The highest BCUT2D eigenvalue weighted by molar-refractivity contribution is 7.18. The number of rotatable bonds is 7. The predicted molar refractivity (Wildman–Crippen MR) is 97.1 cm³/mol. The quantitative estimate of drug-likeness (QED) is 0.457. The zero-order valence-corrected chi connectivity index (χ0v) is 15.0. The standard InChI is InChI=1S/C19H15NO6S/c21-14(12-5-6-15-16(7-12)26-11-25-15)8-24-19(22)10-23-9-18-20-13-3-1-2-4-17(13)27-18/h1-7H,8-11H2. The van der Waals surface area contributed by atoms with Gasteiger partial charge in [0.2, 0.25) is 6.79 Å². The molecule has 1 aliphatic heterocycles. The lowest BCUT2D eigenvalue weighted by molar-refractivity contribution is -0.148. The molecule has 8 heteroatoms. The van der Waals surface area contributed by atoms with Crippen LogP contribution in [0.15, 0.2) is 42.5 Å². The van der Waals surface area contributed by atoms with Crippen LogP contribution in [0.2, 0.25) is 0 Å². The lowest BCUT2D eigenvalue weighted by atomic mass is 10.1. The molecule has 0 saturated carbocycles. The zero-order valence-electron chi connectivity index (χ0n) is 14.2. The minimum Gasteiger partial charge on any atom is -0.456 e. The van der Waals surface area contributed by atoms with E-state index in [-0.39, 0.29) is 32.4 Å². The van der Waals surface area contributed by atoms with E-state index in [2.05, 4.69) is 4.98 Å². The summed E-state index contributed by atoms with van der Waals surface area (Å²) in [4.78, 5) is 28.3. The Bertz CT molecular complexity index is 966. The van der Waals surface area contributed by atoms with Crippen molar-refractivity contribution in [3.63, 3.8) is 0 Å². The van der Waals surface area contributed by atoms with Crippen molar-refractivity contribution < 1.29 is 28.5 Å². The fraction of sp³-hybridized carbons (Fsp3) is 0.211. The molecule has 0 atom stereocenters. The molecule has 2 aromatic carbocycles. The van der Waals surface area contributed by atoms with Gasteiger partial charge in [0, 0.05) is 5.56 Å². The van der Waals surface area contributed by atoms with Crippen LogP contribution in [-0.2, 0) is 20.9 Å². The van der Waals surface area contributed by atoms with Crippen LogP contribution in [0.1, 0.15) is 15.4 Å². The molecule has 3 aromatic rings. The van der Waals surface area contributed by atoms with Gasteiger partial charge in [-0.1, -0.05) is 12.1 Å². The first-order valence-electron chi connectivity index (χ1n) is 8.20. The summed E-state index contributed by atoms with van der Waals surface area (Å²) in [7, 11) is 0. The Labute approximate surface area is 158 Å². The Morgan fingerprint density at radius 2 is 1.93 bits per heavy atom. The number of esters is 1. The van der Waals surface area contributed by atoms with Crippen molar-refractivity contribution in [3.05, 3.63) is 53.0 Å². The molecule has 0 spiro atoms. The minimum atomic E-state index is -0.606. The number of nitrogens with zero attached hydrogens (tertiary/aromatic N) is 1. The van der Waals surface area contributed by atoms with E-state index in [4.69, 9.17) is 18.9 Å². The largest absolute Gasteiger partial charge is 0.456 e. The number of hydrogen-bond donors (Lipinski definition) is 0. The number of fused-ring (bicyclic) bond motifs is 2. The number of ether oxygens (including phenoxy) is 4. The normalized spacial score (nSPS) is 12.3. The molecule has 0 radical (unpaired) electrons. The molecule has 0 fully saturated rings. The van der Waals surface area contributed by atoms with Crippen molar-refractivity contribution in [2.75, 3.05) is 20.0 Å². The summed E-state index contributed by atoms with van der Waals surface area (Å²) in [5.41, 5.74) is 1.29. The van der Waals surface area contributed by atoms with Crippen molar-refractivity contribution in [1.29, 1.82) is 0 Å². The summed E-state index contributed by atoms with van der Waals surface area (Å²) in [6.07, 6.45) is 0. The van der Waals surface area contributed by atoms with Crippen LogP contribution in [-0.4, -0.2) is 36.7 Å². The number of Topliss-reactive ketones (excluding diaryl/α,β-unsaturated/α-hetero) is 1. The van der Waals surface area contributed by atoms with Crippen LogP contribution in [0, 0.1) is 0 Å². The number of carbonyl (C=O) groups excluding carboxylic acids is 2. The number of benzene rings is 2. The Hall–Kier alpha value is -2.97. The van der Waals surface area contributed by atoms with Gasteiger partial charge in [0.15, 0.2) is 23.9 Å². The molecule has 2 heterocycles. The third-order valence-electron chi connectivity index (χ3n) is 3.84. The van der Waals surface area contributed by atoms with Crippen molar-refractivity contribution >= 4 is 33.3 Å². The first-order chi connectivity index (χ1) is 13.2. The second-order valence-electron chi connectivity index (χ2n) is 5.72. The average Bonchev–Trinajstić information content (AvgIpc) is 3.31. The highest BCUT2D eigenvalue weighted by Gasteiger charge is 2.17. The summed E-state index contributed by atoms with van der Waals surface area (Å²) in [6, 6.07) is 12.6. The second kappa shape index (κ2) is 7.73. The zero-order chi connectivity index (χ0) is 18.6. The number of carbonyl (C=O) groups is 2. The predicted octanol–water partition coefficient (Wildman–Crippen LogP) is 2.97. The molecule has 4 rings (SSSR count). The van der Waals surface area contributed by atoms with Gasteiger partial charge >= 0.3 is 5.97 Å². The maximum absolute atomic E-state index is 12.1. The molecule has 1 aliphatic rings. The summed E-state index contributed by atoms with van der Waals surface area (Å²) in [5.74, 6) is 0.163. The van der Waals surface area contributed by atoms with Gasteiger partial charge < -0.3 is 18.9 Å². The van der Waals surface area contributed by atoms with Crippen molar-refractivity contribution in [3.8, 4) is 11.5 Å². The fourth-order valence-electron chi connectivity index (χ4n) is 2.54. The van der Waals surface area contributed by atoms with E-state index in [0.717, 1.165) is 15.2 Å². The average molecular weight is 385 g/mol. The summed E-state index contributed by atoms with van der Waals surface area (Å²) in [6.45, 7) is -0.258. The highest BCUT2D eigenvalue weighted by atomic mass is 32.1. The molecular formula is C19H15NO6S. The molecule has 0 N–H and O–H groups in total. The van der Waals surface area contributed by atoms with E-state index in [1.165, 1.54) is 11.3 Å². The summed E-state index contributed by atoms with van der Waals surface area (Å²) >= 11 is 1.51. The van der Waals surface area contributed by atoms with Gasteiger partial charge in [-0.15, -0.1) is 11.3 Å². The molecule has 0 unspecified atom stereocenters. The van der Waals surface area contributed by atoms with E-state index in [0.29, 0.717) is 17.1 Å². The lowest BCUT2D eigenvalue weighted by Gasteiger charge is -2.05. The third-order valence-corrected chi connectivity index (χ3v) is 4.85. The van der Waals surface area contributed by atoms with Crippen LogP contribution in [0.3, 0.4) is 0 Å². The number of ketones is 1. The van der Waals surface area contributed by atoms with E-state index >= 15 is 0 Å². The monoisotopic (exact) mass is 385 g/mol. The van der Waals surface area contributed by atoms with E-state index in [1.54, 1.807) is 18.2 Å². The van der Waals surface area contributed by atoms with Crippen molar-refractivity contribution in [2.24, 2.45) is 0 Å². The van der Waals surface area contributed by atoms with Crippen LogP contribution < -0.4 is 9.47 Å². The van der Waals surface area contributed by atoms with Crippen LogP contribution in [0.25, 0.3) is 10.2 Å². The molecule has 1 aromatic heterocycles. The lowest BCUT2D eigenvalue weighted by Crippen LogP contribution is -2.18. The second-order valence-corrected chi connectivity index (χ2v) is 6.84. The molecule has 0 amide bonds. The van der Waals surface area contributed by atoms with Gasteiger partial charge in [-0.3, -0.25) is 4.79 Å². The van der Waals surface area contributed by atoms with Crippen LogP contribution in [0.5, 0.6) is 11.5 Å². The van der Waals surface area contributed by atoms with Gasteiger partial charge in [-0.2, -0.15) is 0 Å². The Kier molecular flexibility index (Phi) is 4.99. The van der Waals surface area contributed by atoms with Gasteiger partial charge in [-0.25, -0.2) is 9.78 Å². The van der Waals surface area contributed by atoms with Gasteiger partial charge in [0.1, 0.15) is 11.6 Å². The Balaban J connectivity index is 1.23. The number of thiazole rings is 1. The molecule has 138 valence electrons. The van der Waals surface area contributed by atoms with Crippen LogP contribution in [0.4, 0.5) is 0 Å². The van der Waals surface area contributed by atoms with Gasteiger partial charge in [0.25, 0.3) is 0 Å². The third kappa shape index (κ3) is 4.07. The summed E-state index contributed by atoms with van der Waals surface area (Å²) < 4.78 is 21.8. The highest BCUT2D eigenvalue weighted by Crippen LogP contribution is 2.32. The first kappa shape index (κ1) is 17.4. The molecule has 27 heavy (non-hydrogen) atoms. The SMILES string of the molecule is O=C(COCc1nc2ccccc2s1)OCC(=O)c1ccc2c(c1)OCO2. The topological polar surface area (TPSA) is 84.0 Å². The Morgan fingerprint density at radius 3 is 2.81 bits per heavy atom. The molecule has 0 aliphatic carbocycles. The minimum absolute atomic E-state index is 0.133. The number of para-hydroxylation sites is 1. The van der Waals surface area contributed by atoms with E-state index in [9.17, 15) is 9.59 Å². The number of hydrogen-bond acceptors (Lipinski definition) is 8. The smallest absolute Gasteiger partial charge is 0.332 e. The van der Waals surface area contributed by atoms with Crippen molar-refractivity contribution in [2.45, 2.75) is 6.61 Å².